The van der Waals surface area contributed by atoms with Gasteiger partial charge in [0.15, 0.2) is 0 Å². The number of rotatable bonds is 18. The van der Waals surface area contributed by atoms with E-state index >= 15 is 0 Å². The third-order valence-electron chi connectivity index (χ3n) is 5.76. The molecule has 0 aliphatic rings. The zero-order valence-electron chi connectivity index (χ0n) is 20.2. The minimum absolute atomic E-state index is 0.249. The van der Waals surface area contributed by atoms with Crippen LogP contribution in [0.1, 0.15) is 120 Å². The van der Waals surface area contributed by atoms with E-state index in [9.17, 15) is 9.59 Å². The number of hydrogen-bond donors (Lipinski definition) is 1. The van der Waals surface area contributed by atoms with E-state index in [0.29, 0.717) is 12.2 Å². The first kappa shape index (κ1) is 27.2. The quantitative estimate of drug-likeness (QED) is 0.198. The highest BCUT2D eigenvalue weighted by Crippen LogP contribution is 2.13. The second-order valence-corrected chi connectivity index (χ2v) is 8.82. The molecule has 4 heteroatoms. The molecule has 1 aromatic rings. The van der Waals surface area contributed by atoms with Gasteiger partial charge in [0, 0.05) is 5.56 Å². The van der Waals surface area contributed by atoms with Gasteiger partial charge in [-0.2, -0.15) is 0 Å². The van der Waals surface area contributed by atoms with Crippen LogP contribution in [-0.4, -0.2) is 24.5 Å². The molecule has 31 heavy (non-hydrogen) atoms. The maximum Gasteiger partial charge on any atom is 0.328 e. The predicted molar refractivity (Wildman–Crippen MR) is 129 cm³/mol. The Bertz CT molecular complexity index is 597. The highest BCUT2D eigenvalue weighted by molar-refractivity contribution is 5.96. The molecule has 1 aromatic carbocycles. The van der Waals surface area contributed by atoms with Crippen molar-refractivity contribution < 1.29 is 14.3 Å². The van der Waals surface area contributed by atoms with E-state index < -0.39 is 6.04 Å². The molecule has 1 amide bonds. The fourth-order valence-corrected chi connectivity index (χ4v) is 3.64. The van der Waals surface area contributed by atoms with Crippen LogP contribution in [0.3, 0.4) is 0 Å². The minimum atomic E-state index is -0.638. The number of esters is 1. The molecule has 1 rings (SSSR count). The van der Waals surface area contributed by atoms with E-state index in [1.54, 1.807) is 19.1 Å². The Labute approximate surface area is 190 Å². The van der Waals surface area contributed by atoms with Gasteiger partial charge in [0.25, 0.3) is 5.91 Å². The molecule has 0 fully saturated rings. The van der Waals surface area contributed by atoms with Crippen LogP contribution in [0, 0.1) is 6.92 Å². The van der Waals surface area contributed by atoms with Crippen molar-refractivity contribution in [3.63, 3.8) is 0 Å². The highest BCUT2D eigenvalue weighted by atomic mass is 16.5. The zero-order chi connectivity index (χ0) is 22.7. The number of unbranched alkanes of at least 4 members (excludes halogenated alkanes) is 13. The number of aryl methyl sites for hydroxylation is 1. The number of hydrogen-bond acceptors (Lipinski definition) is 3. The summed E-state index contributed by atoms with van der Waals surface area (Å²) in [6, 6.07) is 6.65. The minimum Gasteiger partial charge on any atom is -0.464 e. The van der Waals surface area contributed by atoms with Gasteiger partial charge in [0.2, 0.25) is 0 Å². The van der Waals surface area contributed by atoms with Gasteiger partial charge in [-0.3, -0.25) is 4.79 Å². The van der Waals surface area contributed by atoms with Crippen LogP contribution < -0.4 is 5.32 Å². The van der Waals surface area contributed by atoms with E-state index in [1.165, 1.54) is 77.0 Å². The van der Waals surface area contributed by atoms with Crippen molar-refractivity contribution >= 4 is 11.9 Å². The molecule has 0 spiro atoms. The molecular weight excluding hydrogens is 386 g/mol. The number of carbonyl (C=O) groups excluding carboxylic acids is 2. The predicted octanol–water partition coefficient (Wildman–Crippen LogP) is 7.14. The normalized spacial score (nSPS) is 11.8. The number of carbonyl (C=O) groups is 2. The fourth-order valence-electron chi connectivity index (χ4n) is 3.64. The lowest BCUT2D eigenvalue weighted by atomic mass is 10.0. The van der Waals surface area contributed by atoms with Gasteiger partial charge in [-0.1, -0.05) is 108 Å². The van der Waals surface area contributed by atoms with Crippen LogP contribution in [-0.2, 0) is 9.53 Å². The molecule has 0 radical (unpaired) electrons. The number of amides is 1. The van der Waals surface area contributed by atoms with Crippen LogP contribution in [0.5, 0.6) is 0 Å². The summed E-state index contributed by atoms with van der Waals surface area (Å²) in [5.41, 5.74) is 1.65. The Kier molecular flexibility index (Phi) is 15.6. The van der Waals surface area contributed by atoms with E-state index in [1.807, 2.05) is 19.1 Å². The van der Waals surface area contributed by atoms with E-state index in [0.717, 1.165) is 18.4 Å². The maximum absolute atomic E-state index is 12.2. The van der Waals surface area contributed by atoms with Gasteiger partial charge >= 0.3 is 5.97 Å². The lowest BCUT2D eigenvalue weighted by Crippen LogP contribution is -2.39. The van der Waals surface area contributed by atoms with Gasteiger partial charge in [-0.15, -0.1) is 0 Å². The van der Waals surface area contributed by atoms with Gasteiger partial charge in [-0.05, 0) is 32.4 Å². The van der Waals surface area contributed by atoms with Crippen molar-refractivity contribution in [1.29, 1.82) is 0 Å². The monoisotopic (exact) mass is 431 g/mol. The lowest BCUT2D eigenvalue weighted by Gasteiger charge is -2.13. The Morgan fingerprint density at radius 3 is 1.71 bits per heavy atom. The smallest absolute Gasteiger partial charge is 0.328 e. The van der Waals surface area contributed by atoms with Gasteiger partial charge < -0.3 is 10.1 Å². The molecule has 176 valence electrons. The molecule has 0 bridgehead atoms. The summed E-state index contributed by atoms with van der Waals surface area (Å²) in [6.07, 6.45) is 18.2. The summed E-state index contributed by atoms with van der Waals surface area (Å²) in [4.78, 5) is 24.2. The Morgan fingerprint density at radius 1 is 0.774 bits per heavy atom. The van der Waals surface area contributed by atoms with E-state index in [-0.39, 0.29) is 11.9 Å². The molecule has 0 saturated heterocycles. The molecule has 0 aromatic heterocycles. The molecule has 1 N–H and O–H groups in total. The SMILES string of the molecule is CCCCCCCCCCCCCCCCOC(=O)[C@H](C)NC(=O)c1ccc(C)cc1. The van der Waals surface area contributed by atoms with Crippen molar-refractivity contribution in [1.82, 2.24) is 5.32 Å². The second kappa shape index (κ2) is 17.8. The summed E-state index contributed by atoms with van der Waals surface area (Å²) in [5.74, 6) is -0.615. The van der Waals surface area contributed by atoms with Crippen LogP contribution >= 0.6 is 0 Å². The summed E-state index contributed by atoms with van der Waals surface area (Å²) < 4.78 is 5.31. The lowest BCUT2D eigenvalue weighted by molar-refractivity contribution is -0.145. The molecule has 0 heterocycles. The summed E-state index contributed by atoms with van der Waals surface area (Å²) >= 11 is 0. The number of nitrogens with one attached hydrogen (secondary N) is 1. The van der Waals surface area contributed by atoms with Crippen molar-refractivity contribution in [2.45, 2.75) is 117 Å². The van der Waals surface area contributed by atoms with Gasteiger partial charge in [0.05, 0.1) is 6.61 Å². The maximum atomic E-state index is 12.2. The van der Waals surface area contributed by atoms with Crippen LogP contribution in [0.25, 0.3) is 0 Å². The fraction of sp³-hybridized carbons (Fsp3) is 0.704. The Balaban J connectivity index is 1.94. The summed E-state index contributed by atoms with van der Waals surface area (Å²) in [6.45, 7) is 6.34. The third kappa shape index (κ3) is 14.0. The summed E-state index contributed by atoms with van der Waals surface area (Å²) in [7, 11) is 0. The molecular formula is C27H45NO3. The average molecular weight is 432 g/mol. The zero-order valence-corrected chi connectivity index (χ0v) is 20.2. The van der Waals surface area contributed by atoms with Crippen LogP contribution in [0.4, 0.5) is 0 Å². The van der Waals surface area contributed by atoms with Crippen molar-refractivity contribution in [3.8, 4) is 0 Å². The van der Waals surface area contributed by atoms with Crippen LogP contribution in [0.2, 0.25) is 0 Å². The van der Waals surface area contributed by atoms with E-state index in [4.69, 9.17) is 4.74 Å². The first-order chi connectivity index (χ1) is 15.0. The molecule has 0 unspecified atom stereocenters. The highest BCUT2D eigenvalue weighted by Gasteiger charge is 2.17. The van der Waals surface area contributed by atoms with Crippen molar-refractivity contribution in [2.24, 2.45) is 0 Å². The molecule has 1 atom stereocenters. The second-order valence-electron chi connectivity index (χ2n) is 8.82. The Morgan fingerprint density at radius 2 is 1.23 bits per heavy atom. The largest absolute Gasteiger partial charge is 0.464 e. The van der Waals surface area contributed by atoms with Gasteiger partial charge in [-0.25, -0.2) is 4.79 Å². The topological polar surface area (TPSA) is 55.4 Å². The third-order valence-corrected chi connectivity index (χ3v) is 5.76. The average Bonchev–Trinajstić information content (AvgIpc) is 2.76. The number of benzene rings is 1. The van der Waals surface area contributed by atoms with E-state index in [2.05, 4.69) is 12.2 Å². The van der Waals surface area contributed by atoms with Crippen molar-refractivity contribution in [3.05, 3.63) is 35.4 Å². The molecule has 0 aliphatic heterocycles. The summed E-state index contributed by atoms with van der Waals surface area (Å²) in [5, 5.41) is 2.70. The van der Waals surface area contributed by atoms with Gasteiger partial charge in [0.1, 0.15) is 6.04 Å². The molecule has 0 aliphatic carbocycles. The Hall–Kier alpha value is -1.84. The first-order valence-electron chi connectivity index (χ1n) is 12.6. The number of ether oxygens (including phenoxy) is 1. The standard InChI is InChI=1S/C27H45NO3/c1-4-5-6-7-8-9-10-11-12-13-14-15-16-17-22-31-27(30)24(3)28-26(29)25-20-18-23(2)19-21-25/h18-21,24H,4-17,22H2,1-3H3,(H,28,29)/t24-/m0/s1. The molecule has 0 saturated carbocycles. The first-order valence-corrected chi connectivity index (χ1v) is 12.6. The molecule has 4 nitrogen and oxygen atoms in total. The van der Waals surface area contributed by atoms with Crippen LogP contribution in [0.15, 0.2) is 24.3 Å². The van der Waals surface area contributed by atoms with Crippen molar-refractivity contribution in [2.75, 3.05) is 6.61 Å².